The molecule has 3 heterocycles. The summed E-state index contributed by atoms with van der Waals surface area (Å²) in [7, 11) is 3.16. The number of rotatable bonds is 6. The maximum atomic E-state index is 13.5. The molecule has 0 fully saturated rings. The van der Waals surface area contributed by atoms with Crippen molar-refractivity contribution in [2.24, 2.45) is 0 Å². The van der Waals surface area contributed by atoms with Crippen LogP contribution < -0.4 is 10.3 Å². The average Bonchev–Trinajstić information content (AvgIpc) is 3.20. The fourth-order valence-electron chi connectivity index (χ4n) is 3.92. The summed E-state index contributed by atoms with van der Waals surface area (Å²) in [5, 5.41) is 13.2. The number of hydrogen-bond donors (Lipinski definition) is 0. The van der Waals surface area contributed by atoms with E-state index in [1.165, 1.54) is 12.1 Å². The first-order chi connectivity index (χ1) is 16.1. The third kappa shape index (κ3) is 3.62. The molecule has 5 aromatic rings. The summed E-state index contributed by atoms with van der Waals surface area (Å²) in [6.45, 7) is 0.551. The van der Waals surface area contributed by atoms with E-state index >= 15 is 0 Å². The molecule has 2 aromatic carbocycles. The molecule has 9 heteroatoms. The van der Waals surface area contributed by atoms with Gasteiger partial charge in [-0.2, -0.15) is 5.10 Å². The van der Waals surface area contributed by atoms with Crippen LogP contribution in [0.1, 0.15) is 11.3 Å². The maximum Gasteiger partial charge on any atom is 0.280 e. The molecule has 5 rings (SSSR count). The molecular formula is C24H20FN5O3. The second-order valence-electron chi connectivity index (χ2n) is 7.49. The summed E-state index contributed by atoms with van der Waals surface area (Å²) in [6, 6.07) is 15.4. The van der Waals surface area contributed by atoms with Crippen molar-refractivity contribution in [3.05, 3.63) is 88.2 Å². The van der Waals surface area contributed by atoms with Gasteiger partial charge in [-0.25, -0.2) is 8.91 Å². The Morgan fingerprint density at radius 3 is 2.55 bits per heavy atom. The lowest BCUT2D eigenvalue weighted by Crippen LogP contribution is -2.22. The number of benzene rings is 2. The number of hydrogen-bond acceptors (Lipinski definition) is 6. The first-order valence-electron chi connectivity index (χ1n) is 10.2. The highest BCUT2D eigenvalue weighted by atomic mass is 19.1. The average molecular weight is 445 g/mol. The summed E-state index contributed by atoms with van der Waals surface area (Å²) in [5.74, 6) is 0.363. The van der Waals surface area contributed by atoms with Crippen molar-refractivity contribution in [1.82, 2.24) is 24.4 Å². The van der Waals surface area contributed by atoms with E-state index in [-0.39, 0.29) is 23.5 Å². The SMILES string of the molecule is COCc1nn2c(nnc3c(=O)n(Cc4ccccc4OC)ccc32)c1-c1ccc(F)cc1. The maximum absolute atomic E-state index is 13.5. The van der Waals surface area contributed by atoms with Crippen molar-refractivity contribution < 1.29 is 13.9 Å². The molecule has 0 radical (unpaired) electrons. The van der Waals surface area contributed by atoms with E-state index in [1.54, 1.807) is 47.7 Å². The van der Waals surface area contributed by atoms with Gasteiger partial charge in [-0.3, -0.25) is 4.79 Å². The molecule has 3 aromatic heterocycles. The number of fused-ring (bicyclic) bond motifs is 3. The molecule has 0 aliphatic heterocycles. The molecule has 0 unspecified atom stereocenters. The van der Waals surface area contributed by atoms with Gasteiger partial charge >= 0.3 is 0 Å². The molecule has 166 valence electrons. The number of aromatic nitrogens is 5. The summed E-state index contributed by atoms with van der Waals surface area (Å²) in [6.07, 6.45) is 1.70. The molecule has 0 amide bonds. The van der Waals surface area contributed by atoms with Crippen LogP contribution in [-0.4, -0.2) is 38.6 Å². The van der Waals surface area contributed by atoms with Gasteiger partial charge in [0.25, 0.3) is 5.56 Å². The Bertz CT molecular complexity index is 1530. The summed E-state index contributed by atoms with van der Waals surface area (Å²) >= 11 is 0. The van der Waals surface area contributed by atoms with E-state index in [4.69, 9.17) is 9.47 Å². The number of pyridine rings is 1. The third-order valence-corrected chi connectivity index (χ3v) is 5.47. The highest BCUT2D eigenvalue weighted by molar-refractivity contribution is 5.84. The predicted molar refractivity (Wildman–Crippen MR) is 121 cm³/mol. The Balaban J connectivity index is 1.67. The van der Waals surface area contributed by atoms with Crippen LogP contribution in [0.25, 0.3) is 27.8 Å². The number of nitrogens with zero attached hydrogens (tertiary/aromatic N) is 5. The van der Waals surface area contributed by atoms with Crippen molar-refractivity contribution in [1.29, 1.82) is 0 Å². The Morgan fingerprint density at radius 1 is 1.00 bits per heavy atom. The zero-order valence-electron chi connectivity index (χ0n) is 18.0. The lowest BCUT2D eigenvalue weighted by atomic mass is 10.1. The summed E-state index contributed by atoms with van der Waals surface area (Å²) in [5.41, 5.74) is 3.78. The molecule has 0 aliphatic rings. The fraction of sp³-hybridized carbons (Fsp3) is 0.167. The second kappa shape index (κ2) is 8.44. The molecule has 0 bridgehead atoms. The van der Waals surface area contributed by atoms with Crippen LogP contribution >= 0.6 is 0 Å². The smallest absolute Gasteiger partial charge is 0.280 e. The van der Waals surface area contributed by atoms with E-state index in [2.05, 4.69) is 15.3 Å². The monoisotopic (exact) mass is 445 g/mol. The lowest BCUT2D eigenvalue weighted by molar-refractivity contribution is 0.181. The molecule has 0 saturated heterocycles. The van der Waals surface area contributed by atoms with Crippen LogP contribution in [-0.2, 0) is 17.9 Å². The van der Waals surface area contributed by atoms with Gasteiger partial charge in [-0.05, 0) is 29.8 Å². The largest absolute Gasteiger partial charge is 0.496 e. The lowest BCUT2D eigenvalue weighted by Gasteiger charge is -2.11. The quantitative estimate of drug-likeness (QED) is 0.398. The topological polar surface area (TPSA) is 83.5 Å². The molecule has 0 N–H and O–H groups in total. The van der Waals surface area contributed by atoms with Crippen LogP contribution in [0.15, 0.2) is 65.6 Å². The zero-order valence-corrected chi connectivity index (χ0v) is 18.0. The molecule has 0 aliphatic carbocycles. The van der Waals surface area contributed by atoms with Gasteiger partial charge in [0.15, 0.2) is 11.2 Å². The van der Waals surface area contributed by atoms with E-state index in [1.807, 2.05) is 24.3 Å². The Hall–Kier alpha value is -4.11. The summed E-state index contributed by atoms with van der Waals surface area (Å²) in [4.78, 5) is 13.2. The Morgan fingerprint density at radius 2 is 1.79 bits per heavy atom. The zero-order chi connectivity index (χ0) is 22.9. The van der Waals surface area contributed by atoms with Gasteiger partial charge < -0.3 is 14.0 Å². The fourth-order valence-corrected chi connectivity index (χ4v) is 3.92. The second-order valence-corrected chi connectivity index (χ2v) is 7.49. The highest BCUT2D eigenvalue weighted by Gasteiger charge is 2.20. The third-order valence-electron chi connectivity index (χ3n) is 5.47. The van der Waals surface area contributed by atoms with Crippen LogP contribution in [0.3, 0.4) is 0 Å². The minimum Gasteiger partial charge on any atom is -0.496 e. The van der Waals surface area contributed by atoms with Crippen LogP contribution in [0.5, 0.6) is 5.75 Å². The van der Waals surface area contributed by atoms with Gasteiger partial charge in [0.1, 0.15) is 17.1 Å². The van der Waals surface area contributed by atoms with Crippen LogP contribution in [0, 0.1) is 5.82 Å². The standard InChI is InChI=1S/C24H20FN5O3/c1-32-14-18-21(15-7-9-17(25)10-8-15)23-27-26-22-19(30(23)28-18)11-12-29(24(22)31)13-16-5-3-4-6-20(16)33-2/h3-12H,13-14H2,1-2H3. The van der Waals surface area contributed by atoms with Crippen molar-refractivity contribution in [2.45, 2.75) is 13.2 Å². The van der Waals surface area contributed by atoms with Crippen molar-refractivity contribution >= 4 is 16.7 Å². The number of halogens is 1. The number of ether oxygens (including phenoxy) is 2. The number of para-hydroxylation sites is 1. The Kier molecular flexibility index (Phi) is 5.31. The van der Waals surface area contributed by atoms with Crippen molar-refractivity contribution in [3.63, 3.8) is 0 Å². The molecule has 33 heavy (non-hydrogen) atoms. The van der Waals surface area contributed by atoms with E-state index in [0.29, 0.717) is 34.7 Å². The van der Waals surface area contributed by atoms with Gasteiger partial charge in [0.05, 0.1) is 31.5 Å². The van der Waals surface area contributed by atoms with Gasteiger partial charge in [-0.15, -0.1) is 10.2 Å². The first-order valence-corrected chi connectivity index (χ1v) is 10.2. The molecule has 0 spiro atoms. The van der Waals surface area contributed by atoms with E-state index < -0.39 is 0 Å². The predicted octanol–water partition coefficient (Wildman–Crippen LogP) is 3.45. The van der Waals surface area contributed by atoms with Gasteiger partial charge in [-0.1, -0.05) is 30.3 Å². The van der Waals surface area contributed by atoms with Crippen LogP contribution in [0.4, 0.5) is 4.39 Å². The molecule has 0 atom stereocenters. The minimum atomic E-state index is -0.337. The number of methoxy groups -OCH3 is 2. The van der Waals surface area contributed by atoms with Gasteiger partial charge in [0, 0.05) is 18.9 Å². The van der Waals surface area contributed by atoms with E-state index in [0.717, 1.165) is 11.1 Å². The normalized spacial score (nSPS) is 11.4. The summed E-state index contributed by atoms with van der Waals surface area (Å²) < 4.78 is 27.3. The van der Waals surface area contributed by atoms with Crippen molar-refractivity contribution in [3.8, 4) is 16.9 Å². The van der Waals surface area contributed by atoms with E-state index in [9.17, 15) is 9.18 Å². The highest BCUT2D eigenvalue weighted by Crippen LogP contribution is 2.29. The van der Waals surface area contributed by atoms with Crippen LogP contribution in [0.2, 0.25) is 0 Å². The minimum absolute atomic E-state index is 0.192. The molecule has 8 nitrogen and oxygen atoms in total. The molecular weight excluding hydrogens is 425 g/mol. The van der Waals surface area contributed by atoms with Crippen molar-refractivity contribution in [2.75, 3.05) is 14.2 Å². The molecule has 0 saturated carbocycles. The first kappa shape index (κ1) is 20.8. The van der Waals surface area contributed by atoms with Gasteiger partial charge in [0.2, 0.25) is 0 Å². The Labute approximate surface area is 187 Å².